The molecule has 2 aromatic carbocycles. The smallest absolute Gasteiger partial charge is 0.333 e. The molecule has 0 bridgehead atoms. The maximum absolute atomic E-state index is 12.0. The van der Waals surface area contributed by atoms with Crippen LogP contribution in [0.5, 0.6) is 5.75 Å². The third-order valence-corrected chi connectivity index (χ3v) is 4.54. The first-order valence-electron chi connectivity index (χ1n) is 9.13. The molecule has 1 N–H and O–H groups in total. The number of ether oxygens (including phenoxy) is 1. The summed E-state index contributed by atoms with van der Waals surface area (Å²) in [5.41, 5.74) is 2.23. The number of carbonyl (C=O) groups excluding carboxylic acids is 1. The number of amides is 1. The molecule has 7 nitrogen and oxygen atoms in total. The van der Waals surface area contributed by atoms with E-state index in [4.69, 9.17) is 4.74 Å². The fourth-order valence-corrected chi connectivity index (χ4v) is 3.20. The molecule has 0 unspecified atom stereocenters. The lowest BCUT2D eigenvalue weighted by molar-refractivity contribution is -0.384. The number of hydrogen-bond acceptors (Lipinski definition) is 5. The molecule has 1 fully saturated rings. The third kappa shape index (κ3) is 4.36. The van der Waals surface area contributed by atoms with Gasteiger partial charge in [0.25, 0.3) is 0 Å². The Balaban J connectivity index is 1.71. The fourth-order valence-electron chi connectivity index (χ4n) is 3.20. The second-order valence-electron chi connectivity index (χ2n) is 6.36. The summed E-state index contributed by atoms with van der Waals surface area (Å²) < 4.78 is 5.36. The van der Waals surface area contributed by atoms with Gasteiger partial charge in [0.05, 0.1) is 11.5 Å². The van der Waals surface area contributed by atoms with E-state index in [1.807, 2.05) is 29.2 Å². The fraction of sp³-hybridized carbons (Fsp3) is 0.350. The molecule has 27 heavy (non-hydrogen) atoms. The maximum atomic E-state index is 12.0. The number of nitrogens with one attached hydrogen (secondary N) is 1. The summed E-state index contributed by atoms with van der Waals surface area (Å²) in [6.45, 7) is 3.34. The Bertz CT molecular complexity index is 820. The Labute approximate surface area is 158 Å². The number of anilines is 2. The molecule has 1 amide bonds. The number of rotatable bonds is 7. The number of benzene rings is 2. The summed E-state index contributed by atoms with van der Waals surface area (Å²) in [5, 5.41) is 14.5. The summed E-state index contributed by atoms with van der Waals surface area (Å²) in [7, 11) is 0. The van der Waals surface area contributed by atoms with E-state index < -0.39 is 4.92 Å². The molecule has 1 saturated heterocycles. The zero-order valence-electron chi connectivity index (χ0n) is 15.3. The molecule has 0 spiro atoms. The van der Waals surface area contributed by atoms with Crippen molar-refractivity contribution in [3.63, 3.8) is 0 Å². The minimum absolute atomic E-state index is 0.0603. The lowest BCUT2D eigenvalue weighted by atomic mass is 10.1. The predicted octanol–water partition coefficient (Wildman–Crippen LogP) is 4.12. The van der Waals surface area contributed by atoms with E-state index in [1.54, 1.807) is 25.1 Å². The molecule has 0 radical (unpaired) electrons. The lowest BCUT2D eigenvalue weighted by Crippen LogP contribution is -2.35. The number of para-hydroxylation sites is 1. The second-order valence-corrected chi connectivity index (χ2v) is 6.36. The number of piperidine rings is 1. The number of hydrogen-bond donors (Lipinski definition) is 1. The molecule has 1 aliphatic rings. The van der Waals surface area contributed by atoms with Gasteiger partial charge in [-0.25, -0.2) is 0 Å². The van der Waals surface area contributed by atoms with Gasteiger partial charge in [0.2, 0.25) is 5.91 Å². The standard InChI is InChI=1S/C20H23N3O4/c1-2-27-18-7-5-6-17(20(18)23(25)26)21-14-15-9-11-16(12-10-15)22-13-4-3-8-19(22)24/h5-7,9-12,21H,2-4,8,13-14H2,1H3. The maximum Gasteiger partial charge on any atom is 0.333 e. The van der Waals surface area contributed by atoms with Crippen molar-refractivity contribution in [2.45, 2.75) is 32.7 Å². The highest BCUT2D eigenvalue weighted by molar-refractivity contribution is 5.93. The van der Waals surface area contributed by atoms with Gasteiger partial charge in [-0.3, -0.25) is 14.9 Å². The van der Waals surface area contributed by atoms with Crippen molar-refractivity contribution in [3.05, 3.63) is 58.1 Å². The highest BCUT2D eigenvalue weighted by Crippen LogP contribution is 2.35. The summed E-state index contributed by atoms with van der Waals surface area (Å²) in [4.78, 5) is 24.8. The van der Waals surface area contributed by atoms with Gasteiger partial charge >= 0.3 is 5.69 Å². The van der Waals surface area contributed by atoms with E-state index in [-0.39, 0.29) is 17.3 Å². The minimum atomic E-state index is -0.432. The quantitative estimate of drug-likeness (QED) is 0.586. The summed E-state index contributed by atoms with van der Waals surface area (Å²) in [6.07, 6.45) is 2.58. The zero-order valence-corrected chi connectivity index (χ0v) is 15.3. The Hall–Kier alpha value is -3.09. The van der Waals surface area contributed by atoms with Crippen LogP contribution in [0.1, 0.15) is 31.7 Å². The molecule has 142 valence electrons. The Morgan fingerprint density at radius 1 is 1.19 bits per heavy atom. The molecule has 3 rings (SSSR count). The predicted molar refractivity (Wildman–Crippen MR) is 104 cm³/mol. The molecular weight excluding hydrogens is 346 g/mol. The Morgan fingerprint density at radius 3 is 2.63 bits per heavy atom. The topological polar surface area (TPSA) is 84.7 Å². The number of nitro groups is 1. The van der Waals surface area contributed by atoms with Crippen LogP contribution in [0.15, 0.2) is 42.5 Å². The summed E-state index contributed by atoms with van der Waals surface area (Å²) >= 11 is 0. The van der Waals surface area contributed by atoms with Crippen LogP contribution in [-0.4, -0.2) is 24.0 Å². The van der Waals surface area contributed by atoms with Gasteiger partial charge in [0.1, 0.15) is 5.69 Å². The van der Waals surface area contributed by atoms with Crippen LogP contribution < -0.4 is 15.0 Å². The van der Waals surface area contributed by atoms with Crippen LogP contribution >= 0.6 is 0 Å². The highest BCUT2D eigenvalue weighted by atomic mass is 16.6. The molecule has 2 aromatic rings. The third-order valence-electron chi connectivity index (χ3n) is 4.54. The average Bonchev–Trinajstić information content (AvgIpc) is 2.67. The van der Waals surface area contributed by atoms with Gasteiger partial charge in [-0.05, 0) is 49.6 Å². The van der Waals surface area contributed by atoms with E-state index in [9.17, 15) is 14.9 Å². The summed E-state index contributed by atoms with van der Waals surface area (Å²) in [5.74, 6) is 0.418. The van der Waals surface area contributed by atoms with E-state index in [1.165, 1.54) is 0 Å². The Kier molecular flexibility index (Phi) is 5.90. The first-order chi connectivity index (χ1) is 13.1. The van der Waals surface area contributed by atoms with Crippen LogP contribution in [0, 0.1) is 10.1 Å². The number of nitro benzene ring substituents is 1. The SMILES string of the molecule is CCOc1cccc(NCc2ccc(N3CCCCC3=O)cc2)c1[N+](=O)[O-]. The highest BCUT2D eigenvalue weighted by Gasteiger charge is 2.21. The molecule has 1 heterocycles. The van der Waals surface area contributed by atoms with Gasteiger partial charge in [-0.15, -0.1) is 0 Å². The van der Waals surface area contributed by atoms with Crippen molar-refractivity contribution in [2.24, 2.45) is 0 Å². The molecule has 0 atom stereocenters. The van der Waals surface area contributed by atoms with Crippen molar-refractivity contribution in [1.82, 2.24) is 0 Å². The van der Waals surface area contributed by atoms with Gasteiger partial charge in [-0.1, -0.05) is 18.2 Å². The van der Waals surface area contributed by atoms with E-state index in [0.717, 1.165) is 30.6 Å². The average molecular weight is 369 g/mol. The molecule has 7 heteroatoms. The van der Waals surface area contributed by atoms with Gasteiger partial charge < -0.3 is 15.0 Å². The molecule has 1 aliphatic heterocycles. The van der Waals surface area contributed by atoms with Crippen molar-refractivity contribution in [2.75, 3.05) is 23.4 Å². The molecule has 0 saturated carbocycles. The van der Waals surface area contributed by atoms with Crippen molar-refractivity contribution < 1.29 is 14.5 Å². The molecule has 0 aromatic heterocycles. The molecular formula is C20H23N3O4. The van der Waals surface area contributed by atoms with Crippen molar-refractivity contribution in [1.29, 1.82) is 0 Å². The van der Waals surface area contributed by atoms with Crippen LogP contribution in [0.2, 0.25) is 0 Å². The van der Waals surface area contributed by atoms with Crippen LogP contribution in [0.4, 0.5) is 17.1 Å². The van der Waals surface area contributed by atoms with Crippen molar-refractivity contribution >= 4 is 23.0 Å². The number of nitrogens with zero attached hydrogens (tertiary/aromatic N) is 2. The monoisotopic (exact) mass is 369 g/mol. The lowest BCUT2D eigenvalue weighted by Gasteiger charge is -2.26. The van der Waals surface area contributed by atoms with Crippen LogP contribution in [-0.2, 0) is 11.3 Å². The van der Waals surface area contributed by atoms with Gasteiger partial charge in [0.15, 0.2) is 5.75 Å². The van der Waals surface area contributed by atoms with E-state index >= 15 is 0 Å². The van der Waals surface area contributed by atoms with Crippen LogP contribution in [0.25, 0.3) is 0 Å². The number of carbonyl (C=O) groups is 1. The van der Waals surface area contributed by atoms with E-state index in [2.05, 4.69) is 5.32 Å². The van der Waals surface area contributed by atoms with Gasteiger partial charge in [-0.2, -0.15) is 0 Å². The van der Waals surface area contributed by atoms with Crippen LogP contribution in [0.3, 0.4) is 0 Å². The normalized spacial score (nSPS) is 14.1. The first-order valence-corrected chi connectivity index (χ1v) is 9.13. The largest absolute Gasteiger partial charge is 0.487 e. The minimum Gasteiger partial charge on any atom is -0.487 e. The zero-order chi connectivity index (χ0) is 19.2. The molecule has 0 aliphatic carbocycles. The first kappa shape index (κ1) is 18.7. The van der Waals surface area contributed by atoms with E-state index in [0.29, 0.717) is 25.3 Å². The van der Waals surface area contributed by atoms with Crippen molar-refractivity contribution in [3.8, 4) is 5.75 Å². The Morgan fingerprint density at radius 2 is 1.96 bits per heavy atom. The van der Waals surface area contributed by atoms with Gasteiger partial charge in [0, 0.05) is 25.2 Å². The second kappa shape index (κ2) is 8.53. The summed E-state index contributed by atoms with van der Waals surface area (Å²) in [6, 6.07) is 12.7.